The number of aromatic nitrogens is 3. The van der Waals surface area contributed by atoms with Gasteiger partial charge in [-0.1, -0.05) is 29.5 Å². The van der Waals surface area contributed by atoms with Gasteiger partial charge in [-0.2, -0.15) is 13.2 Å². The Balaban J connectivity index is 1.89. The summed E-state index contributed by atoms with van der Waals surface area (Å²) in [6, 6.07) is 11.3. The highest BCUT2D eigenvalue weighted by atomic mass is 19.4. The largest absolute Gasteiger partial charge is 0.491 e. The number of carbonyl (C=O) groups excluding carboxylic acids is 1. The smallest absolute Gasteiger partial charge is 0.435 e. The fourth-order valence-electron chi connectivity index (χ4n) is 2.76. The van der Waals surface area contributed by atoms with Crippen LogP contribution in [0.3, 0.4) is 0 Å². The van der Waals surface area contributed by atoms with Crippen molar-refractivity contribution in [2.24, 2.45) is 0 Å². The molecule has 1 heterocycles. The van der Waals surface area contributed by atoms with Crippen LogP contribution in [0.1, 0.15) is 35.6 Å². The van der Waals surface area contributed by atoms with Gasteiger partial charge in [-0.15, -0.1) is 5.10 Å². The number of carbonyl (C=O) groups is 1. The van der Waals surface area contributed by atoms with E-state index >= 15 is 0 Å². The predicted octanol–water partition coefficient (Wildman–Crippen LogP) is 4.14. The zero-order valence-electron chi connectivity index (χ0n) is 16.1. The lowest BCUT2D eigenvalue weighted by Gasteiger charge is -2.15. The zero-order chi connectivity index (χ0) is 21.9. The first-order valence-corrected chi connectivity index (χ1v) is 8.98. The topological polar surface area (TPSA) is 69.0 Å². The van der Waals surface area contributed by atoms with Gasteiger partial charge in [0.1, 0.15) is 11.6 Å². The Labute approximate surface area is 169 Å². The van der Waals surface area contributed by atoms with Gasteiger partial charge in [-0.25, -0.2) is 9.07 Å². The third-order valence-electron chi connectivity index (χ3n) is 3.98. The molecule has 0 bridgehead atoms. The summed E-state index contributed by atoms with van der Waals surface area (Å²) in [4.78, 5) is 12.5. The Morgan fingerprint density at radius 1 is 1.17 bits per heavy atom. The van der Waals surface area contributed by atoms with Crippen LogP contribution in [-0.2, 0) is 12.7 Å². The van der Waals surface area contributed by atoms with Crippen LogP contribution < -0.4 is 10.1 Å². The average Bonchev–Trinajstić information content (AvgIpc) is 3.12. The van der Waals surface area contributed by atoms with Crippen LogP contribution >= 0.6 is 0 Å². The van der Waals surface area contributed by atoms with Crippen molar-refractivity contribution in [1.29, 1.82) is 0 Å². The van der Waals surface area contributed by atoms with Gasteiger partial charge in [0.15, 0.2) is 11.4 Å². The zero-order valence-corrected chi connectivity index (χ0v) is 16.1. The molecule has 30 heavy (non-hydrogen) atoms. The highest BCUT2D eigenvalue weighted by Gasteiger charge is 2.42. The van der Waals surface area contributed by atoms with Crippen LogP contribution in [0.2, 0.25) is 0 Å². The van der Waals surface area contributed by atoms with Crippen LogP contribution in [0.15, 0.2) is 48.5 Å². The van der Waals surface area contributed by atoms with Crippen molar-refractivity contribution in [3.63, 3.8) is 0 Å². The minimum absolute atomic E-state index is 0.0775. The number of ether oxygens (including phenoxy) is 1. The fraction of sp³-hybridized carbons (Fsp3) is 0.250. The standard InChI is InChI=1S/C20H18F4N4O2/c1-12(2)30-16-9-4-3-6-13(16)11-25-19(29)17-18(20(22,23)24)28(27-26-17)15-8-5-7-14(21)10-15/h3-10,12H,11H2,1-2H3,(H,25,29). The molecule has 158 valence electrons. The first-order valence-electron chi connectivity index (χ1n) is 8.98. The number of alkyl halides is 3. The highest BCUT2D eigenvalue weighted by Crippen LogP contribution is 2.33. The van der Waals surface area contributed by atoms with Crippen LogP contribution in [-0.4, -0.2) is 27.0 Å². The van der Waals surface area contributed by atoms with Crippen molar-refractivity contribution in [2.45, 2.75) is 32.7 Å². The summed E-state index contributed by atoms with van der Waals surface area (Å²) < 4.78 is 60.5. The Hall–Kier alpha value is -3.43. The molecule has 2 aromatic carbocycles. The first kappa shape index (κ1) is 21.3. The maximum absolute atomic E-state index is 13.7. The van der Waals surface area contributed by atoms with Gasteiger partial charge in [-0.05, 0) is 38.1 Å². The van der Waals surface area contributed by atoms with E-state index in [1.165, 1.54) is 12.1 Å². The van der Waals surface area contributed by atoms with Gasteiger partial charge in [-0.3, -0.25) is 4.79 Å². The third kappa shape index (κ3) is 4.76. The quantitative estimate of drug-likeness (QED) is 0.607. The Bertz CT molecular complexity index is 1050. The average molecular weight is 422 g/mol. The monoisotopic (exact) mass is 422 g/mol. The number of hydrogen-bond donors (Lipinski definition) is 1. The van der Waals surface area contributed by atoms with Crippen molar-refractivity contribution in [1.82, 2.24) is 20.3 Å². The Morgan fingerprint density at radius 3 is 2.57 bits per heavy atom. The van der Waals surface area contributed by atoms with Crippen molar-refractivity contribution >= 4 is 5.91 Å². The van der Waals surface area contributed by atoms with Crippen LogP contribution in [0, 0.1) is 5.82 Å². The number of hydrogen-bond acceptors (Lipinski definition) is 4. The molecule has 3 rings (SSSR count). The molecule has 6 nitrogen and oxygen atoms in total. The lowest BCUT2D eigenvalue weighted by atomic mass is 10.2. The Kier molecular flexibility index (Phi) is 6.04. The van der Waals surface area contributed by atoms with E-state index in [4.69, 9.17) is 4.74 Å². The number of benzene rings is 2. The minimum atomic E-state index is -4.94. The summed E-state index contributed by atoms with van der Waals surface area (Å²) in [7, 11) is 0. The van der Waals surface area contributed by atoms with Gasteiger partial charge in [0.05, 0.1) is 11.8 Å². The predicted molar refractivity (Wildman–Crippen MR) is 99.7 cm³/mol. The molecule has 0 spiro atoms. The normalized spacial score (nSPS) is 11.6. The molecule has 1 amide bonds. The maximum atomic E-state index is 13.7. The van der Waals surface area contributed by atoms with Crippen molar-refractivity contribution in [2.75, 3.05) is 0 Å². The summed E-state index contributed by atoms with van der Waals surface area (Å²) in [5.41, 5.74) is -1.92. The minimum Gasteiger partial charge on any atom is -0.491 e. The van der Waals surface area contributed by atoms with E-state index in [1.807, 2.05) is 13.8 Å². The molecule has 1 aromatic heterocycles. The van der Waals surface area contributed by atoms with E-state index < -0.39 is 29.3 Å². The molecular formula is C20H18F4N4O2. The summed E-state index contributed by atoms with van der Waals surface area (Å²) in [6.45, 7) is 3.58. The van der Waals surface area contributed by atoms with Gasteiger partial charge in [0.25, 0.3) is 5.91 Å². The molecule has 10 heteroatoms. The maximum Gasteiger partial charge on any atom is 0.435 e. The lowest BCUT2D eigenvalue weighted by molar-refractivity contribution is -0.143. The second-order valence-electron chi connectivity index (χ2n) is 6.63. The van der Waals surface area contributed by atoms with Gasteiger partial charge in [0, 0.05) is 12.1 Å². The number of rotatable bonds is 6. The van der Waals surface area contributed by atoms with Gasteiger partial charge < -0.3 is 10.1 Å². The molecule has 0 saturated heterocycles. The molecule has 0 aliphatic rings. The lowest BCUT2D eigenvalue weighted by Crippen LogP contribution is -2.27. The van der Waals surface area contributed by atoms with E-state index in [9.17, 15) is 22.4 Å². The Morgan fingerprint density at radius 2 is 1.90 bits per heavy atom. The molecule has 0 aliphatic carbocycles. The van der Waals surface area contributed by atoms with E-state index in [2.05, 4.69) is 15.6 Å². The number of para-hydroxylation sites is 1. The summed E-state index contributed by atoms with van der Waals surface area (Å²) in [6.07, 6.45) is -5.06. The van der Waals surface area contributed by atoms with Crippen LogP contribution in [0.25, 0.3) is 5.69 Å². The third-order valence-corrected chi connectivity index (χ3v) is 3.98. The summed E-state index contributed by atoms with van der Waals surface area (Å²) in [5.74, 6) is -1.31. The van der Waals surface area contributed by atoms with E-state index in [0.29, 0.717) is 16.0 Å². The fourth-order valence-corrected chi connectivity index (χ4v) is 2.76. The van der Waals surface area contributed by atoms with Crippen molar-refractivity contribution in [3.05, 3.63) is 71.3 Å². The molecular weight excluding hydrogens is 404 g/mol. The number of amides is 1. The molecule has 0 aliphatic heterocycles. The van der Waals surface area contributed by atoms with Crippen molar-refractivity contribution in [3.8, 4) is 11.4 Å². The molecule has 0 saturated carbocycles. The second-order valence-corrected chi connectivity index (χ2v) is 6.63. The number of nitrogens with zero attached hydrogens (tertiary/aromatic N) is 3. The van der Waals surface area contributed by atoms with E-state index in [0.717, 1.165) is 12.1 Å². The summed E-state index contributed by atoms with van der Waals surface area (Å²) >= 11 is 0. The number of nitrogens with one attached hydrogen (secondary N) is 1. The molecule has 0 unspecified atom stereocenters. The highest BCUT2D eigenvalue weighted by molar-refractivity contribution is 5.93. The van der Waals surface area contributed by atoms with Crippen LogP contribution in [0.4, 0.5) is 17.6 Å². The first-order chi connectivity index (χ1) is 14.2. The van der Waals surface area contributed by atoms with Gasteiger partial charge >= 0.3 is 6.18 Å². The van der Waals surface area contributed by atoms with E-state index in [1.54, 1.807) is 24.3 Å². The SMILES string of the molecule is CC(C)Oc1ccccc1CNC(=O)c1nnn(-c2cccc(F)c2)c1C(F)(F)F. The molecule has 0 atom stereocenters. The second kappa shape index (κ2) is 8.52. The van der Waals surface area contributed by atoms with Crippen LogP contribution in [0.5, 0.6) is 5.75 Å². The number of halogens is 4. The van der Waals surface area contributed by atoms with E-state index in [-0.39, 0.29) is 18.3 Å². The summed E-state index contributed by atoms with van der Waals surface area (Å²) in [5, 5.41) is 9.23. The van der Waals surface area contributed by atoms with Gasteiger partial charge in [0.2, 0.25) is 0 Å². The van der Waals surface area contributed by atoms with Crippen molar-refractivity contribution < 1.29 is 27.1 Å². The molecule has 3 aromatic rings. The molecule has 1 N–H and O–H groups in total. The molecule has 0 fully saturated rings. The molecule has 0 radical (unpaired) electrons.